The second-order valence-corrected chi connectivity index (χ2v) is 5.25. The van der Waals surface area contributed by atoms with Gasteiger partial charge in [-0.25, -0.2) is 0 Å². The Morgan fingerprint density at radius 3 is 2.26 bits per heavy atom. The van der Waals surface area contributed by atoms with Crippen LogP contribution in [0.4, 0.5) is 0 Å². The summed E-state index contributed by atoms with van der Waals surface area (Å²) in [6.45, 7) is 8.35. The summed E-state index contributed by atoms with van der Waals surface area (Å²) in [5.74, 6) is 1.76. The number of ether oxygens (including phenoxy) is 2. The van der Waals surface area contributed by atoms with E-state index in [4.69, 9.17) is 9.47 Å². The van der Waals surface area contributed by atoms with Crippen molar-refractivity contribution in [3.8, 4) is 11.5 Å². The van der Waals surface area contributed by atoms with E-state index in [-0.39, 0.29) is 0 Å². The highest BCUT2D eigenvalue weighted by molar-refractivity contribution is 5.31. The van der Waals surface area contributed by atoms with E-state index in [1.165, 1.54) is 0 Å². The molecule has 1 aromatic carbocycles. The molecule has 0 bridgehead atoms. The van der Waals surface area contributed by atoms with Crippen LogP contribution < -0.4 is 14.8 Å². The highest BCUT2D eigenvalue weighted by Gasteiger charge is 2.20. The predicted molar refractivity (Wildman–Crippen MR) is 77.0 cm³/mol. The summed E-state index contributed by atoms with van der Waals surface area (Å²) in [5.41, 5.74) is 0. The van der Waals surface area contributed by atoms with Gasteiger partial charge in [-0.3, -0.25) is 4.90 Å². The zero-order chi connectivity index (χ0) is 13.7. The summed E-state index contributed by atoms with van der Waals surface area (Å²) in [7, 11) is 1.67. The standard InChI is InChI=1S/C15H24N2O2/c1-12-10-17(11-13(2)16-12)8-9-19-15-6-4-14(18-3)5-7-15/h4-7,12-13,16H,8-11H2,1-3H3. The first-order valence-corrected chi connectivity index (χ1v) is 6.92. The zero-order valence-corrected chi connectivity index (χ0v) is 12.1. The van der Waals surface area contributed by atoms with Crippen LogP contribution in [0.5, 0.6) is 11.5 Å². The normalized spacial score (nSPS) is 24.2. The third-order valence-electron chi connectivity index (χ3n) is 3.37. The molecule has 4 heteroatoms. The maximum atomic E-state index is 5.76. The van der Waals surface area contributed by atoms with Gasteiger partial charge in [0, 0.05) is 31.7 Å². The van der Waals surface area contributed by atoms with Crippen molar-refractivity contribution in [1.29, 1.82) is 0 Å². The second-order valence-electron chi connectivity index (χ2n) is 5.25. The molecule has 2 rings (SSSR count). The second kappa shape index (κ2) is 6.78. The molecule has 0 spiro atoms. The quantitative estimate of drug-likeness (QED) is 0.878. The molecule has 1 fully saturated rings. The highest BCUT2D eigenvalue weighted by Crippen LogP contribution is 2.17. The molecule has 0 aromatic heterocycles. The van der Waals surface area contributed by atoms with E-state index in [2.05, 4.69) is 24.1 Å². The van der Waals surface area contributed by atoms with Crippen molar-refractivity contribution >= 4 is 0 Å². The van der Waals surface area contributed by atoms with Crippen molar-refractivity contribution in [2.75, 3.05) is 33.4 Å². The van der Waals surface area contributed by atoms with E-state index >= 15 is 0 Å². The molecule has 4 nitrogen and oxygen atoms in total. The fourth-order valence-corrected chi connectivity index (χ4v) is 2.59. The van der Waals surface area contributed by atoms with Gasteiger partial charge in [0.25, 0.3) is 0 Å². The van der Waals surface area contributed by atoms with Crippen molar-refractivity contribution in [1.82, 2.24) is 10.2 Å². The van der Waals surface area contributed by atoms with Crippen LogP contribution in [0.2, 0.25) is 0 Å². The number of hydrogen-bond acceptors (Lipinski definition) is 4. The first-order chi connectivity index (χ1) is 9.17. The Morgan fingerprint density at radius 2 is 1.68 bits per heavy atom. The Morgan fingerprint density at radius 1 is 1.11 bits per heavy atom. The summed E-state index contributed by atoms with van der Waals surface area (Å²) in [6.07, 6.45) is 0. The fourth-order valence-electron chi connectivity index (χ4n) is 2.59. The lowest BCUT2D eigenvalue weighted by atomic mass is 10.1. The molecular weight excluding hydrogens is 240 g/mol. The van der Waals surface area contributed by atoms with Gasteiger partial charge in [-0.1, -0.05) is 0 Å². The van der Waals surface area contributed by atoms with E-state index < -0.39 is 0 Å². The van der Waals surface area contributed by atoms with E-state index in [9.17, 15) is 0 Å². The molecule has 0 radical (unpaired) electrons. The van der Waals surface area contributed by atoms with Gasteiger partial charge in [0.1, 0.15) is 18.1 Å². The summed E-state index contributed by atoms with van der Waals surface area (Å²) in [4.78, 5) is 2.45. The minimum Gasteiger partial charge on any atom is -0.497 e. The molecule has 1 aromatic rings. The van der Waals surface area contributed by atoms with Crippen LogP contribution in [0.25, 0.3) is 0 Å². The van der Waals surface area contributed by atoms with E-state index in [0.29, 0.717) is 12.1 Å². The third kappa shape index (κ3) is 4.40. The van der Waals surface area contributed by atoms with Gasteiger partial charge in [-0.05, 0) is 38.1 Å². The Balaban J connectivity index is 1.73. The maximum absolute atomic E-state index is 5.76. The van der Waals surface area contributed by atoms with Crippen LogP contribution in [0.1, 0.15) is 13.8 Å². The molecule has 0 saturated carbocycles. The molecule has 2 unspecified atom stereocenters. The Labute approximate surface area is 115 Å². The first kappa shape index (κ1) is 14.2. The number of methoxy groups -OCH3 is 1. The van der Waals surface area contributed by atoms with Gasteiger partial charge in [-0.2, -0.15) is 0 Å². The molecule has 19 heavy (non-hydrogen) atoms. The van der Waals surface area contributed by atoms with E-state index in [1.54, 1.807) is 7.11 Å². The number of nitrogens with one attached hydrogen (secondary N) is 1. The van der Waals surface area contributed by atoms with Gasteiger partial charge < -0.3 is 14.8 Å². The molecule has 0 amide bonds. The predicted octanol–water partition coefficient (Wildman–Crippen LogP) is 1.76. The lowest BCUT2D eigenvalue weighted by molar-refractivity contribution is 0.146. The Hall–Kier alpha value is -1.26. The topological polar surface area (TPSA) is 33.7 Å². The Bertz CT molecular complexity index is 370. The Kier molecular flexibility index (Phi) is 5.05. The van der Waals surface area contributed by atoms with Gasteiger partial charge in [0.2, 0.25) is 0 Å². The van der Waals surface area contributed by atoms with E-state index in [1.807, 2.05) is 24.3 Å². The average Bonchev–Trinajstić information content (AvgIpc) is 2.38. The number of benzene rings is 1. The van der Waals surface area contributed by atoms with Crippen LogP contribution in [0.15, 0.2) is 24.3 Å². The molecule has 1 heterocycles. The van der Waals surface area contributed by atoms with Crippen molar-refractivity contribution in [2.24, 2.45) is 0 Å². The molecule has 1 aliphatic heterocycles. The molecule has 2 atom stereocenters. The van der Waals surface area contributed by atoms with Crippen LogP contribution in [-0.2, 0) is 0 Å². The lowest BCUT2D eigenvalue weighted by Crippen LogP contribution is -2.54. The fraction of sp³-hybridized carbons (Fsp3) is 0.600. The number of rotatable bonds is 5. The molecule has 1 saturated heterocycles. The number of nitrogens with zero attached hydrogens (tertiary/aromatic N) is 1. The minimum atomic E-state index is 0.560. The largest absolute Gasteiger partial charge is 0.497 e. The lowest BCUT2D eigenvalue weighted by Gasteiger charge is -2.35. The third-order valence-corrected chi connectivity index (χ3v) is 3.37. The zero-order valence-electron chi connectivity index (χ0n) is 12.1. The first-order valence-electron chi connectivity index (χ1n) is 6.92. The van der Waals surface area contributed by atoms with Crippen molar-refractivity contribution in [2.45, 2.75) is 25.9 Å². The monoisotopic (exact) mass is 264 g/mol. The molecule has 1 N–H and O–H groups in total. The average molecular weight is 264 g/mol. The van der Waals surface area contributed by atoms with Crippen LogP contribution in [0.3, 0.4) is 0 Å². The van der Waals surface area contributed by atoms with Gasteiger partial charge in [0.15, 0.2) is 0 Å². The summed E-state index contributed by atoms with van der Waals surface area (Å²) in [5, 5.41) is 3.53. The van der Waals surface area contributed by atoms with Crippen molar-refractivity contribution in [3.63, 3.8) is 0 Å². The van der Waals surface area contributed by atoms with Gasteiger partial charge >= 0.3 is 0 Å². The van der Waals surface area contributed by atoms with Crippen LogP contribution >= 0.6 is 0 Å². The van der Waals surface area contributed by atoms with Crippen molar-refractivity contribution < 1.29 is 9.47 Å². The van der Waals surface area contributed by atoms with E-state index in [0.717, 1.165) is 37.7 Å². The highest BCUT2D eigenvalue weighted by atomic mass is 16.5. The summed E-state index contributed by atoms with van der Waals surface area (Å²) < 4.78 is 10.9. The summed E-state index contributed by atoms with van der Waals surface area (Å²) in [6, 6.07) is 8.85. The molecule has 1 aliphatic rings. The van der Waals surface area contributed by atoms with Crippen molar-refractivity contribution in [3.05, 3.63) is 24.3 Å². The van der Waals surface area contributed by atoms with Crippen LogP contribution in [0, 0.1) is 0 Å². The maximum Gasteiger partial charge on any atom is 0.119 e. The number of hydrogen-bond donors (Lipinski definition) is 1. The molecule has 106 valence electrons. The SMILES string of the molecule is COc1ccc(OCCN2CC(C)NC(C)C2)cc1. The summed E-state index contributed by atoms with van der Waals surface area (Å²) >= 11 is 0. The smallest absolute Gasteiger partial charge is 0.119 e. The van der Waals surface area contributed by atoms with Gasteiger partial charge in [0.05, 0.1) is 7.11 Å². The molecular formula is C15H24N2O2. The van der Waals surface area contributed by atoms with Gasteiger partial charge in [-0.15, -0.1) is 0 Å². The van der Waals surface area contributed by atoms with Crippen LogP contribution in [-0.4, -0.2) is 50.3 Å². The molecule has 0 aliphatic carbocycles. The number of piperazine rings is 1. The minimum absolute atomic E-state index is 0.560.